The lowest BCUT2D eigenvalue weighted by molar-refractivity contribution is -0.137. The number of amides is 1. The number of benzene rings is 1. The van der Waals surface area contributed by atoms with Gasteiger partial charge in [-0.2, -0.15) is 0 Å². The van der Waals surface area contributed by atoms with E-state index in [4.69, 9.17) is 0 Å². The number of ketones is 1. The van der Waals surface area contributed by atoms with Crippen LogP contribution in [-0.4, -0.2) is 52.6 Å². The first-order valence-corrected chi connectivity index (χ1v) is 11.9. The number of carbonyl (C=O) groups excluding carboxylic acids is 3. The van der Waals surface area contributed by atoms with E-state index in [-0.39, 0.29) is 23.0 Å². The highest BCUT2D eigenvalue weighted by Gasteiger charge is 2.42. The fourth-order valence-electron chi connectivity index (χ4n) is 5.04. The van der Waals surface area contributed by atoms with E-state index in [0.717, 1.165) is 44.8 Å². The first-order chi connectivity index (χ1) is 14.2. The number of aldehydes is 1. The number of likely N-dealkylation sites (tertiary alicyclic amines) is 1. The molecule has 0 radical (unpaired) electrons. The van der Waals surface area contributed by atoms with Gasteiger partial charge in [-0.05, 0) is 62.0 Å². The van der Waals surface area contributed by atoms with Crippen molar-refractivity contribution in [3.8, 4) is 0 Å². The lowest BCUT2D eigenvalue weighted by atomic mass is 9.81. The summed E-state index contributed by atoms with van der Waals surface area (Å²) < 4.78 is 0. The highest BCUT2D eigenvalue weighted by Crippen LogP contribution is 2.30. The summed E-state index contributed by atoms with van der Waals surface area (Å²) in [6, 6.07) is 7.89. The maximum absolute atomic E-state index is 12.9. The standard InChI is InChI=1S/C23H30N2O3S/c26-14-19-8-4-12-25(19)23(28)21-22(29-15-24-21)20(27)9-3-5-16-10-11-17-6-1-2-7-18(17)13-16/h1-2,6-7,14,16,19,21-22,24H,3-5,8-13,15H2/t16-,19+,21+,22?/m1/s1. The average molecular weight is 415 g/mol. The zero-order valence-electron chi connectivity index (χ0n) is 16.8. The molecule has 2 fully saturated rings. The smallest absolute Gasteiger partial charge is 0.241 e. The molecule has 156 valence electrons. The number of hydrogen-bond donors (Lipinski definition) is 1. The van der Waals surface area contributed by atoms with Crippen LogP contribution < -0.4 is 5.32 Å². The number of thioether (sulfide) groups is 1. The number of carbonyl (C=O) groups is 3. The molecule has 29 heavy (non-hydrogen) atoms. The van der Waals surface area contributed by atoms with Gasteiger partial charge in [0, 0.05) is 18.8 Å². The number of nitrogens with one attached hydrogen (secondary N) is 1. The topological polar surface area (TPSA) is 66.5 Å². The predicted octanol–water partition coefficient (Wildman–Crippen LogP) is 2.75. The summed E-state index contributed by atoms with van der Waals surface area (Å²) in [5.74, 6) is 1.37. The largest absolute Gasteiger partial charge is 0.332 e. The molecule has 1 aromatic rings. The first-order valence-electron chi connectivity index (χ1n) is 10.9. The van der Waals surface area contributed by atoms with E-state index in [1.54, 1.807) is 4.90 Å². The molecule has 3 aliphatic rings. The Labute approximate surface area is 177 Å². The Balaban J connectivity index is 1.27. The van der Waals surface area contributed by atoms with Crippen molar-refractivity contribution in [2.45, 2.75) is 68.7 Å². The third-order valence-corrected chi connectivity index (χ3v) is 7.90. The molecular weight excluding hydrogens is 384 g/mol. The molecule has 4 atom stereocenters. The zero-order chi connectivity index (χ0) is 20.2. The van der Waals surface area contributed by atoms with Crippen molar-refractivity contribution in [2.75, 3.05) is 12.4 Å². The van der Waals surface area contributed by atoms with Gasteiger partial charge in [-0.25, -0.2) is 0 Å². The number of Topliss-reactive ketones (excluding diaryl/α,β-unsaturated/α-hetero) is 1. The number of aryl methyl sites for hydroxylation is 1. The minimum Gasteiger partial charge on any atom is -0.332 e. The summed E-state index contributed by atoms with van der Waals surface area (Å²) in [7, 11) is 0. The van der Waals surface area contributed by atoms with Crippen LogP contribution in [0.25, 0.3) is 0 Å². The van der Waals surface area contributed by atoms with Crippen molar-refractivity contribution in [1.29, 1.82) is 0 Å². The Morgan fingerprint density at radius 1 is 1.21 bits per heavy atom. The van der Waals surface area contributed by atoms with Gasteiger partial charge >= 0.3 is 0 Å². The van der Waals surface area contributed by atoms with E-state index in [1.165, 1.54) is 29.3 Å². The monoisotopic (exact) mass is 414 g/mol. The maximum atomic E-state index is 12.9. The third-order valence-electron chi connectivity index (χ3n) is 6.68. The van der Waals surface area contributed by atoms with Crippen molar-refractivity contribution >= 4 is 29.7 Å². The highest BCUT2D eigenvalue weighted by molar-refractivity contribution is 8.00. The Morgan fingerprint density at radius 2 is 2.03 bits per heavy atom. The van der Waals surface area contributed by atoms with Crippen molar-refractivity contribution in [2.24, 2.45) is 5.92 Å². The first kappa shape index (κ1) is 20.6. The van der Waals surface area contributed by atoms with Crippen LogP contribution in [0.15, 0.2) is 24.3 Å². The van der Waals surface area contributed by atoms with E-state index >= 15 is 0 Å². The second kappa shape index (κ2) is 9.43. The van der Waals surface area contributed by atoms with Gasteiger partial charge in [-0.1, -0.05) is 24.3 Å². The molecule has 4 rings (SSSR count). The summed E-state index contributed by atoms with van der Waals surface area (Å²) in [5.41, 5.74) is 2.94. The molecule has 0 aromatic heterocycles. The van der Waals surface area contributed by atoms with E-state index in [1.807, 2.05) is 0 Å². The number of nitrogens with zero attached hydrogens (tertiary/aromatic N) is 1. The fourth-order valence-corrected chi connectivity index (χ4v) is 6.20. The molecule has 0 saturated carbocycles. The molecule has 2 saturated heterocycles. The molecule has 2 heterocycles. The third kappa shape index (κ3) is 4.58. The van der Waals surface area contributed by atoms with Crippen LogP contribution >= 0.6 is 11.8 Å². The van der Waals surface area contributed by atoms with Crippen molar-refractivity contribution in [1.82, 2.24) is 10.2 Å². The van der Waals surface area contributed by atoms with Crippen LogP contribution in [0.1, 0.15) is 49.7 Å². The van der Waals surface area contributed by atoms with Gasteiger partial charge in [0.25, 0.3) is 0 Å². The summed E-state index contributed by atoms with van der Waals surface area (Å²) in [6.07, 6.45) is 8.43. The molecule has 1 aromatic carbocycles. The van der Waals surface area contributed by atoms with Crippen LogP contribution in [-0.2, 0) is 27.2 Å². The van der Waals surface area contributed by atoms with Gasteiger partial charge in [0.1, 0.15) is 18.1 Å². The molecule has 1 amide bonds. The van der Waals surface area contributed by atoms with Crippen LogP contribution in [0, 0.1) is 5.92 Å². The summed E-state index contributed by atoms with van der Waals surface area (Å²) in [4.78, 5) is 38.7. The van der Waals surface area contributed by atoms with Gasteiger partial charge in [0.05, 0.1) is 11.3 Å². The van der Waals surface area contributed by atoms with Crippen LogP contribution in [0.2, 0.25) is 0 Å². The quantitative estimate of drug-likeness (QED) is 0.695. The van der Waals surface area contributed by atoms with Gasteiger partial charge in [-0.15, -0.1) is 11.8 Å². The second-order valence-electron chi connectivity index (χ2n) is 8.53. The predicted molar refractivity (Wildman–Crippen MR) is 115 cm³/mol. The molecular formula is C23H30N2O3S. The molecule has 0 bridgehead atoms. The maximum Gasteiger partial charge on any atom is 0.241 e. The number of fused-ring (bicyclic) bond motifs is 1. The van der Waals surface area contributed by atoms with E-state index in [0.29, 0.717) is 24.8 Å². The molecule has 5 nitrogen and oxygen atoms in total. The normalized spacial score (nSPS) is 28.9. The lowest BCUT2D eigenvalue weighted by Crippen LogP contribution is -2.51. The van der Waals surface area contributed by atoms with Crippen LogP contribution in [0.3, 0.4) is 0 Å². The van der Waals surface area contributed by atoms with Gasteiger partial charge in [-0.3, -0.25) is 14.9 Å². The van der Waals surface area contributed by atoms with E-state index in [9.17, 15) is 14.4 Å². The lowest BCUT2D eigenvalue weighted by Gasteiger charge is -2.26. The van der Waals surface area contributed by atoms with E-state index in [2.05, 4.69) is 29.6 Å². The minimum atomic E-state index is -0.477. The SMILES string of the molecule is O=C[C@@H]1CCCN1C(=O)[C@H]1NCSC1C(=O)CCC[C@@H]1CCc2ccccc2C1. The second-order valence-corrected chi connectivity index (χ2v) is 9.66. The van der Waals surface area contributed by atoms with Crippen molar-refractivity contribution in [3.05, 3.63) is 35.4 Å². The average Bonchev–Trinajstić information content (AvgIpc) is 3.42. The zero-order valence-corrected chi connectivity index (χ0v) is 17.7. The minimum absolute atomic E-state index is 0.0770. The fraction of sp³-hybridized carbons (Fsp3) is 0.609. The Bertz CT molecular complexity index is 768. The summed E-state index contributed by atoms with van der Waals surface area (Å²) in [6.45, 7) is 0.620. The van der Waals surface area contributed by atoms with Gasteiger partial charge in [0.15, 0.2) is 0 Å². The van der Waals surface area contributed by atoms with Crippen molar-refractivity contribution < 1.29 is 14.4 Å². The molecule has 1 aliphatic carbocycles. The molecule has 1 unspecified atom stereocenters. The highest BCUT2D eigenvalue weighted by atomic mass is 32.2. The molecule has 1 N–H and O–H groups in total. The number of rotatable bonds is 7. The van der Waals surface area contributed by atoms with Crippen LogP contribution in [0.4, 0.5) is 0 Å². The van der Waals surface area contributed by atoms with E-state index < -0.39 is 6.04 Å². The Morgan fingerprint density at radius 3 is 2.86 bits per heavy atom. The number of hydrogen-bond acceptors (Lipinski definition) is 5. The molecule has 2 aliphatic heterocycles. The van der Waals surface area contributed by atoms with Gasteiger partial charge in [0.2, 0.25) is 5.91 Å². The Kier molecular flexibility index (Phi) is 6.70. The van der Waals surface area contributed by atoms with Crippen LogP contribution in [0.5, 0.6) is 0 Å². The molecule has 0 spiro atoms. The molecule has 6 heteroatoms. The summed E-state index contributed by atoms with van der Waals surface area (Å²) in [5, 5.41) is 2.88. The Hall–Kier alpha value is -1.66. The summed E-state index contributed by atoms with van der Waals surface area (Å²) >= 11 is 1.53. The van der Waals surface area contributed by atoms with Gasteiger partial charge < -0.3 is 9.69 Å². The van der Waals surface area contributed by atoms with Crippen molar-refractivity contribution in [3.63, 3.8) is 0 Å².